The lowest BCUT2D eigenvalue weighted by Crippen LogP contribution is -2.10. The third-order valence-corrected chi connectivity index (χ3v) is 4.32. The Morgan fingerprint density at radius 2 is 1.95 bits per heavy atom. The Bertz CT molecular complexity index is 847. The van der Waals surface area contributed by atoms with Crippen LogP contribution in [0.15, 0.2) is 42.5 Å². The summed E-state index contributed by atoms with van der Waals surface area (Å²) in [5.41, 5.74) is 0.306. The number of benzene rings is 2. The first-order chi connectivity index (χ1) is 10.0. The van der Waals surface area contributed by atoms with Crippen LogP contribution in [0.3, 0.4) is 0 Å². The minimum Gasteiger partial charge on any atom is -0.320 e. The van der Waals surface area contributed by atoms with Gasteiger partial charge in [-0.15, -0.1) is 11.3 Å². The van der Waals surface area contributed by atoms with Gasteiger partial charge in [0, 0.05) is 10.1 Å². The zero-order valence-corrected chi connectivity index (χ0v) is 12.1. The van der Waals surface area contributed by atoms with Gasteiger partial charge in [-0.3, -0.25) is 4.79 Å². The highest BCUT2D eigenvalue weighted by atomic mass is 35.5. The molecule has 0 aliphatic rings. The Kier molecular flexibility index (Phi) is 3.61. The van der Waals surface area contributed by atoms with E-state index in [9.17, 15) is 13.6 Å². The number of fused-ring (bicyclic) bond motifs is 1. The number of anilines is 1. The van der Waals surface area contributed by atoms with Gasteiger partial charge in [-0.25, -0.2) is 8.78 Å². The molecule has 2 aromatic carbocycles. The Balaban J connectivity index is 1.92. The molecule has 0 saturated carbocycles. The summed E-state index contributed by atoms with van der Waals surface area (Å²) in [6, 6.07) is 9.85. The van der Waals surface area contributed by atoms with E-state index in [1.165, 1.54) is 35.6 Å². The SMILES string of the molecule is O=C(Nc1ccc(F)cc1Cl)c1cc2c(F)cccc2s1. The van der Waals surface area contributed by atoms with E-state index in [-0.39, 0.29) is 10.8 Å². The van der Waals surface area contributed by atoms with E-state index in [2.05, 4.69) is 5.32 Å². The van der Waals surface area contributed by atoms with Gasteiger partial charge < -0.3 is 5.32 Å². The number of amides is 1. The van der Waals surface area contributed by atoms with E-state index in [0.29, 0.717) is 20.7 Å². The van der Waals surface area contributed by atoms with Gasteiger partial charge >= 0.3 is 0 Å². The monoisotopic (exact) mass is 323 g/mol. The molecule has 0 aliphatic heterocycles. The van der Waals surface area contributed by atoms with Crippen molar-refractivity contribution < 1.29 is 13.6 Å². The van der Waals surface area contributed by atoms with E-state index in [1.807, 2.05) is 0 Å². The Morgan fingerprint density at radius 1 is 1.14 bits per heavy atom. The molecule has 0 atom stereocenters. The topological polar surface area (TPSA) is 29.1 Å². The predicted octanol–water partition coefficient (Wildman–Crippen LogP) is 5.09. The van der Waals surface area contributed by atoms with E-state index in [0.717, 1.165) is 6.07 Å². The summed E-state index contributed by atoms with van der Waals surface area (Å²) in [6.07, 6.45) is 0. The van der Waals surface area contributed by atoms with Crippen LogP contribution >= 0.6 is 22.9 Å². The summed E-state index contributed by atoms with van der Waals surface area (Å²) in [5, 5.41) is 3.09. The van der Waals surface area contributed by atoms with E-state index >= 15 is 0 Å². The summed E-state index contributed by atoms with van der Waals surface area (Å²) in [5.74, 6) is -1.27. The fourth-order valence-electron chi connectivity index (χ4n) is 1.91. The van der Waals surface area contributed by atoms with Gasteiger partial charge in [0.15, 0.2) is 0 Å². The lowest BCUT2D eigenvalue weighted by molar-refractivity contribution is 0.103. The van der Waals surface area contributed by atoms with Gasteiger partial charge in [-0.2, -0.15) is 0 Å². The first kappa shape index (κ1) is 14.0. The maximum Gasteiger partial charge on any atom is 0.265 e. The number of hydrogen-bond donors (Lipinski definition) is 1. The van der Waals surface area contributed by atoms with E-state index < -0.39 is 11.7 Å². The van der Waals surface area contributed by atoms with Crippen LogP contribution in [0.4, 0.5) is 14.5 Å². The summed E-state index contributed by atoms with van der Waals surface area (Å²) < 4.78 is 27.3. The molecule has 1 heterocycles. The van der Waals surface area contributed by atoms with Crippen LogP contribution in [-0.2, 0) is 0 Å². The molecule has 1 N–H and O–H groups in total. The molecule has 6 heteroatoms. The van der Waals surface area contributed by atoms with Crippen molar-refractivity contribution in [2.24, 2.45) is 0 Å². The second-order valence-corrected chi connectivity index (χ2v) is 5.83. The summed E-state index contributed by atoms with van der Waals surface area (Å²) in [7, 11) is 0. The molecule has 3 rings (SSSR count). The van der Waals surface area contributed by atoms with Crippen LogP contribution in [0.1, 0.15) is 9.67 Å². The normalized spacial score (nSPS) is 10.8. The fourth-order valence-corrected chi connectivity index (χ4v) is 3.10. The second kappa shape index (κ2) is 5.42. The van der Waals surface area contributed by atoms with Crippen molar-refractivity contribution in [1.29, 1.82) is 0 Å². The molecule has 0 aliphatic carbocycles. The molecule has 106 valence electrons. The highest BCUT2D eigenvalue weighted by Gasteiger charge is 2.14. The minimum absolute atomic E-state index is 0.107. The van der Waals surface area contributed by atoms with Crippen molar-refractivity contribution in [3.05, 3.63) is 64.0 Å². The summed E-state index contributed by atoms with van der Waals surface area (Å²) >= 11 is 7.03. The lowest BCUT2D eigenvalue weighted by atomic mass is 10.2. The molecule has 1 amide bonds. The van der Waals surface area contributed by atoms with Crippen LogP contribution < -0.4 is 5.32 Å². The van der Waals surface area contributed by atoms with Gasteiger partial charge in [0.2, 0.25) is 0 Å². The van der Waals surface area contributed by atoms with Gasteiger partial charge in [0.25, 0.3) is 5.91 Å². The highest BCUT2D eigenvalue weighted by Crippen LogP contribution is 2.29. The zero-order valence-electron chi connectivity index (χ0n) is 10.5. The fraction of sp³-hybridized carbons (Fsp3) is 0. The first-order valence-electron chi connectivity index (χ1n) is 5.99. The molecule has 21 heavy (non-hydrogen) atoms. The minimum atomic E-state index is -0.484. The average Bonchev–Trinajstić information content (AvgIpc) is 2.87. The molecule has 0 saturated heterocycles. The van der Waals surface area contributed by atoms with Crippen LogP contribution in [0.5, 0.6) is 0 Å². The molecular weight excluding hydrogens is 316 g/mol. The molecule has 0 bridgehead atoms. The zero-order chi connectivity index (χ0) is 15.0. The molecule has 0 radical (unpaired) electrons. The van der Waals surface area contributed by atoms with Crippen LogP contribution in [0.2, 0.25) is 5.02 Å². The van der Waals surface area contributed by atoms with Crippen LogP contribution in [0.25, 0.3) is 10.1 Å². The van der Waals surface area contributed by atoms with Crippen LogP contribution in [0, 0.1) is 11.6 Å². The van der Waals surface area contributed by atoms with Crippen molar-refractivity contribution >= 4 is 44.6 Å². The molecule has 0 unspecified atom stereocenters. The maximum atomic E-state index is 13.6. The number of thiophene rings is 1. The predicted molar refractivity (Wildman–Crippen MR) is 81.1 cm³/mol. The number of halogens is 3. The summed E-state index contributed by atoms with van der Waals surface area (Å²) in [4.78, 5) is 12.5. The molecule has 2 nitrogen and oxygen atoms in total. The van der Waals surface area contributed by atoms with Crippen molar-refractivity contribution in [3.63, 3.8) is 0 Å². The van der Waals surface area contributed by atoms with Crippen LogP contribution in [-0.4, -0.2) is 5.91 Å². The van der Waals surface area contributed by atoms with E-state index in [4.69, 9.17) is 11.6 Å². The van der Waals surface area contributed by atoms with Gasteiger partial charge in [0.1, 0.15) is 11.6 Å². The van der Waals surface area contributed by atoms with Gasteiger partial charge in [-0.1, -0.05) is 17.7 Å². The van der Waals surface area contributed by atoms with Crippen molar-refractivity contribution in [1.82, 2.24) is 0 Å². The molecule has 0 spiro atoms. The molecule has 0 fully saturated rings. The number of carbonyl (C=O) groups excluding carboxylic acids is 1. The highest BCUT2D eigenvalue weighted by molar-refractivity contribution is 7.20. The number of rotatable bonds is 2. The quantitative estimate of drug-likeness (QED) is 0.699. The lowest BCUT2D eigenvalue weighted by Gasteiger charge is -2.05. The van der Waals surface area contributed by atoms with Crippen molar-refractivity contribution in [2.45, 2.75) is 0 Å². The third-order valence-electron chi connectivity index (χ3n) is 2.91. The largest absolute Gasteiger partial charge is 0.320 e. The Hall–Kier alpha value is -1.98. The number of hydrogen-bond acceptors (Lipinski definition) is 2. The first-order valence-corrected chi connectivity index (χ1v) is 7.18. The molecule has 3 aromatic rings. The Morgan fingerprint density at radius 3 is 2.67 bits per heavy atom. The third kappa shape index (κ3) is 2.75. The Labute approximate surface area is 128 Å². The van der Waals surface area contributed by atoms with Crippen molar-refractivity contribution in [3.8, 4) is 0 Å². The second-order valence-electron chi connectivity index (χ2n) is 4.34. The number of carbonyl (C=O) groups is 1. The van der Waals surface area contributed by atoms with Gasteiger partial charge in [-0.05, 0) is 36.4 Å². The maximum absolute atomic E-state index is 13.6. The molecular formula is C15H8ClF2NOS. The summed E-state index contributed by atoms with van der Waals surface area (Å²) in [6.45, 7) is 0. The van der Waals surface area contributed by atoms with Crippen molar-refractivity contribution in [2.75, 3.05) is 5.32 Å². The van der Waals surface area contributed by atoms with E-state index in [1.54, 1.807) is 12.1 Å². The smallest absolute Gasteiger partial charge is 0.265 e. The standard InChI is InChI=1S/C15H8ClF2NOS/c16-10-6-8(17)4-5-12(10)19-15(20)14-7-9-11(18)2-1-3-13(9)21-14/h1-7H,(H,19,20). The van der Waals surface area contributed by atoms with Gasteiger partial charge in [0.05, 0.1) is 15.6 Å². The average molecular weight is 324 g/mol. The number of nitrogens with one attached hydrogen (secondary N) is 1. The molecule has 1 aromatic heterocycles.